The highest BCUT2D eigenvalue weighted by Crippen LogP contribution is 2.37. The van der Waals surface area contributed by atoms with Crippen molar-refractivity contribution in [2.45, 2.75) is 13.8 Å². The number of amides is 1. The lowest BCUT2D eigenvalue weighted by molar-refractivity contribution is 0.102. The third-order valence-electron chi connectivity index (χ3n) is 4.33. The summed E-state index contributed by atoms with van der Waals surface area (Å²) < 4.78 is 7.28. The van der Waals surface area contributed by atoms with Crippen LogP contribution in [0.3, 0.4) is 0 Å². The number of anilines is 1. The fourth-order valence-corrected chi connectivity index (χ4v) is 3.94. The number of hydrogen-bond donors (Lipinski definition) is 1. The van der Waals surface area contributed by atoms with Crippen molar-refractivity contribution in [2.24, 2.45) is 0 Å². The number of thiophene rings is 1. The first kappa shape index (κ1) is 18.8. The molecule has 0 aliphatic rings. The van der Waals surface area contributed by atoms with E-state index in [2.05, 4.69) is 20.8 Å². The van der Waals surface area contributed by atoms with Gasteiger partial charge in [0.05, 0.1) is 12.3 Å². The smallest absolute Gasteiger partial charge is 0.269 e. The molecule has 0 saturated carbocycles. The van der Waals surface area contributed by atoms with Crippen LogP contribution in [0.5, 0.6) is 5.75 Å². The molecule has 2 aromatic heterocycles. The third-order valence-corrected chi connectivity index (χ3v) is 5.49. The maximum absolute atomic E-state index is 13.0. The molecule has 29 heavy (non-hydrogen) atoms. The number of rotatable bonds is 6. The summed E-state index contributed by atoms with van der Waals surface area (Å²) in [6.45, 7) is 4.35. The van der Waals surface area contributed by atoms with Gasteiger partial charge in [-0.05, 0) is 53.6 Å². The van der Waals surface area contributed by atoms with Gasteiger partial charge in [-0.3, -0.25) is 4.79 Å². The molecule has 1 amide bonds. The van der Waals surface area contributed by atoms with Crippen LogP contribution in [0.2, 0.25) is 0 Å². The van der Waals surface area contributed by atoms with Gasteiger partial charge in [0.1, 0.15) is 17.0 Å². The fraction of sp³-hybridized carbons (Fsp3) is 0.143. The minimum absolute atomic E-state index is 0.216. The monoisotopic (exact) mass is 405 g/mol. The van der Waals surface area contributed by atoms with Crippen molar-refractivity contribution in [3.8, 4) is 21.9 Å². The molecule has 0 spiro atoms. The van der Waals surface area contributed by atoms with E-state index in [9.17, 15) is 4.79 Å². The van der Waals surface area contributed by atoms with E-state index < -0.39 is 0 Å². The molecule has 1 N–H and O–H groups in total. The van der Waals surface area contributed by atoms with Gasteiger partial charge >= 0.3 is 0 Å². The molecule has 4 rings (SSSR count). The Kier molecular flexibility index (Phi) is 5.35. The molecule has 146 valence electrons. The first-order valence-corrected chi connectivity index (χ1v) is 9.94. The van der Waals surface area contributed by atoms with Gasteiger partial charge in [0.25, 0.3) is 5.91 Å². The van der Waals surface area contributed by atoms with Crippen LogP contribution in [-0.4, -0.2) is 32.7 Å². The molecule has 0 bridgehead atoms. The second-order valence-corrected chi connectivity index (χ2v) is 7.37. The number of nitrogens with zero attached hydrogens (tertiary/aromatic N) is 4. The van der Waals surface area contributed by atoms with E-state index in [-0.39, 0.29) is 5.91 Å². The Labute approximate surface area is 172 Å². The van der Waals surface area contributed by atoms with Crippen LogP contribution in [0.25, 0.3) is 16.1 Å². The van der Waals surface area contributed by atoms with Gasteiger partial charge in [-0.1, -0.05) is 36.4 Å². The molecular formula is C21H19N5O2S. The van der Waals surface area contributed by atoms with Gasteiger partial charge in [-0.15, -0.1) is 16.4 Å². The zero-order chi connectivity index (χ0) is 20.2. The van der Waals surface area contributed by atoms with E-state index in [1.807, 2.05) is 68.4 Å². The van der Waals surface area contributed by atoms with Gasteiger partial charge < -0.3 is 10.1 Å². The number of aryl methyl sites for hydroxylation is 1. The number of tetrazole rings is 1. The van der Waals surface area contributed by atoms with Gasteiger partial charge in [0.15, 0.2) is 0 Å². The van der Waals surface area contributed by atoms with E-state index in [1.165, 1.54) is 17.7 Å². The molecule has 4 aromatic rings. The SMILES string of the molecule is CCOc1cc(-c2ccccc2)sc1C(=O)Nc1ccc(C)c(-n2cnnn2)c1. The van der Waals surface area contributed by atoms with Gasteiger partial charge in [-0.2, -0.15) is 0 Å². The molecule has 0 saturated heterocycles. The standard InChI is InChI=1S/C21H19N5O2S/c1-3-28-18-12-19(15-7-5-4-6-8-15)29-20(18)21(27)23-16-10-9-14(2)17(11-16)26-13-22-24-25-26/h4-13H,3H2,1-2H3,(H,23,27). The van der Waals surface area contributed by atoms with Crippen LogP contribution < -0.4 is 10.1 Å². The summed E-state index contributed by atoms with van der Waals surface area (Å²) in [5, 5.41) is 14.2. The Bertz CT molecular complexity index is 1120. The second-order valence-electron chi connectivity index (χ2n) is 6.31. The van der Waals surface area contributed by atoms with Gasteiger partial charge in [0, 0.05) is 10.6 Å². The summed E-state index contributed by atoms with van der Waals surface area (Å²) in [4.78, 5) is 14.5. The Hall–Kier alpha value is -3.52. The summed E-state index contributed by atoms with van der Waals surface area (Å²) in [6, 6.07) is 17.5. The molecule has 0 fully saturated rings. The van der Waals surface area contributed by atoms with Crippen LogP contribution in [-0.2, 0) is 0 Å². The molecule has 8 heteroatoms. The van der Waals surface area contributed by atoms with Crippen molar-refractivity contribution in [1.29, 1.82) is 0 Å². The van der Waals surface area contributed by atoms with Crippen molar-refractivity contribution in [1.82, 2.24) is 20.2 Å². The quantitative estimate of drug-likeness (QED) is 0.516. The first-order chi connectivity index (χ1) is 14.2. The zero-order valence-corrected chi connectivity index (χ0v) is 16.8. The number of hydrogen-bond acceptors (Lipinski definition) is 6. The van der Waals surface area contributed by atoms with Crippen molar-refractivity contribution in [3.05, 3.63) is 71.4 Å². The van der Waals surface area contributed by atoms with Crippen molar-refractivity contribution in [3.63, 3.8) is 0 Å². The van der Waals surface area contributed by atoms with E-state index in [0.717, 1.165) is 21.7 Å². The number of benzene rings is 2. The largest absolute Gasteiger partial charge is 0.492 e. The molecule has 7 nitrogen and oxygen atoms in total. The molecule has 0 aliphatic heterocycles. The average Bonchev–Trinajstić information content (AvgIpc) is 3.41. The lowest BCUT2D eigenvalue weighted by Crippen LogP contribution is -2.12. The van der Waals surface area contributed by atoms with Gasteiger partial charge in [0.2, 0.25) is 0 Å². The van der Waals surface area contributed by atoms with Crippen LogP contribution in [0.15, 0.2) is 60.9 Å². The highest BCUT2D eigenvalue weighted by Gasteiger charge is 2.19. The molecular weight excluding hydrogens is 386 g/mol. The van der Waals surface area contributed by atoms with E-state index in [1.54, 1.807) is 4.68 Å². The average molecular weight is 405 g/mol. The molecule has 0 aliphatic carbocycles. The van der Waals surface area contributed by atoms with E-state index in [4.69, 9.17) is 4.74 Å². The Morgan fingerprint density at radius 3 is 2.72 bits per heavy atom. The third kappa shape index (κ3) is 4.02. The highest BCUT2D eigenvalue weighted by molar-refractivity contribution is 7.17. The maximum atomic E-state index is 13.0. The molecule has 0 radical (unpaired) electrons. The normalized spacial score (nSPS) is 10.7. The topological polar surface area (TPSA) is 81.9 Å². The summed E-state index contributed by atoms with van der Waals surface area (Å²) in [5.74, 6) is 0.369. The summed E-state index contributed by atoms with van der Waals surface area (Å²) in [5.41, 5.74) is 3.50. The first-order valence-electron chi connectivity index (χ1n) is 9.13. The lowest BCUT2D eigenvalue weighted by atomic mass is 10.1. The van der Waals surface area contributed by atoms with E-state index >= 15 is 0 Å². The fourth-order valence-electron chi connectivity index (χ4n) is 2.93. The maximum Gasteiger partial charge on any atom is 0.269 e. The Morgan fingerprint density at radius 2 is 2.00 bits per heavy atom. The number of carbonyl (C=O) groups excluding carboxylic acids is 1. The summed E-state index contributed by atoms with van der Waals surface area (Å²) in [6.07, 6.45) is 1.52. The minimum Gasteiger partial charge on any atom is -0.492 e. The van der Waals surface area contributed by atoms with Crippen LogP contribution in [0, 0.1) is 6.92 Å². The zero-order valence-electron chi connectivity index (χ0n) is 16.0. The second kappa shape index (κ2) is 8.24. The Balaban J connectivity index is 1.63. The van der Waals surface area contributed by atoms with Crippen molar-refractivity contribution in [2.75, 3.05) is 11.9 Å². The number of nitrogens with one attached hydrogen (secondary N) is 1. The predicted octanol–water partition coefficient (Wildman–Crippen LogP) is 4.35. The van der Waals surface area contributed by atoms with Crippen LogP contribution in [0.1, 0.15) is 22.2 Å². The molecule has 2 heterocycles. The van der Waals surface area contributed by atoms with E-state index in [0.29, 0.717) is 22.9 Å². The van der Waals surface area contributed by atoms with Gasteiger partial charge in [-0.25, -0.2) is 4.68 Å². The minimum atomic E-state index is -0.216. The summed E-state index contributed by atoms with van der Waals surface area (Å²) >= 11 is 1.41. The number of ether oxygens (including phenoxy) is 1. The van der Waals surface area contributed by atoms with Crippen molar-refractivity contribution >= 4 is 22.9 Å². The molecule has 0 unspecified atom stereocenters. The molecule has 0 atom stereocenters. The highest BCUT2D eigenvalue weighted by atomic mass is 32.1. The molecule has 2 aromatic carbocycles. The summed E-state index contributed by atoms with van der Waals surface area (Å²) in [7, 11) is 0. The predicted molar refractivity (Wildman–Crippen MR) is 113 cm³/mol. The van der Waals surface area contributed by atoms with Crippen LogP contribution >= 0.6 is 11.3 Å². The lowest BCUT2D eigenvalue weighted by Gasteiger charge is -2.10. The number of carbonyl (C=O) groups is 1. The Morgan fingerprint density at radius 1 is 1.17 bits per heavy atom. The van der Waals surface area contributed by atoms with Crippen molar-refractivity contribution < 1.29 is 9.53 Å². The number of aromatic nitrogens is 4. The van der Waals surface area contributed by atoms with Crippen LogP contribution in [0.4, 0.5) is 5.69 Å².